The SMILES string of the molecule is Cc1nc(-c2ccccc2)oc1C(=O)NCC(C)C(=O)O. The molecule has 110 valence electrons. The zero-order chi connectivity index (χ0) is 15.4. The number of carbonyl (C=O) groups is 2. The first-order valence-electron chi connectivity index (χ1n) is 6.53. The van der Waals surface area contributed by atoms with E-state index in [9.17, 15) is 9.59 Å². The minimum absolute atomic E-state index is 0.0367. The van der Waals surface area contributed by atoms with Crippen LogP contribution in [0.5, 0.6) is 0 Å². The van der Waals surface area contributed by atoms with E-state index in [-0.39, 0.29) is 12.3 Å². The molecule has 0 bridgehead atoms. The number of aryl methyl sites for hydroxylation is 1. The Bertz CT molecular complexity index is 649. The number of nitrogens with one attached hydrogen (secondary N) is 1. The molecule has 0 aliphatic rings. The van der Waals surface area contributed by atoms with E-state index in [2.05, 4.69) is 10.3 Å². The monoisotopic (exact) mass is 288 g/mol. The lowest BCUT2D eigenvalue weighted by atomic mass is 10.2. The highest BCUT2D eigenvalue weighted by Gasteiger charge is 2.19. The molecule has 2 aromatic rings. The average molecular weight is 288 g/mol. The Kier molecular flexibility index (Phi) is 4.37. The van der Waals surface area contributed by atoms with Crippen LogP contribution >= 0.6 is 0 Å². The van der Waals surface area contributed by atoms with Gasteiger partial charge in [0, 0.05) is 12.1 Å². The molecule has 0 saturated heterocycles. The Morgan fingerprint density at radius 2 is 2.00 bits per heavy atom. The summed E-state index contributed by atoms with van der Waals surface area (Å²) in [6, 6.07) is 9.24. The molecular formula is C15H16N2O4. The van der Waals surface area contributed by atoms with Crippen LogP contribution in [0.25, 0.3) is 11.5 Å². The molecule has 6 nitrogen and oxygen atoms in total. The van der Waals surface area contributed by atoms with Crippen molar-refractivity contribution >= 4 is 11.9 Å². The summed E-state index contributed by atoms with van der Waals surface area (Å²) < 4.78 is 5.48. The molecule has 0 fully saturated rings. The van der Waals surface area contributed by atoms with Crippen molar-refractivity contribution in [3.8, 4) is 11.5 Å². The second-order valence-corrected chi connectivity index (χ2v) is 4.75. The second-order valence-electron chi connectivity index (χ2n) is 4.75. The molecule has 21 heavy (non-hydrogen) atoms. The fraction of sp³-hybridized carbons (Fsp3) is 0.267. The largest absolute Gasteiger partial charge is 0.481 e. The van der Waals surface area contributed by atoms with Crippen LogP contribution < -0.4 is 5.32 Å². The van der Waals surface area contributed by atoms with Crippen molar-refractivity contribution in [2.45, 2.75) is 13.8 Å². The highest BCUT2D eigenvalue weighted by molar-refractivity contribution is 5.93. The van der Waals surface area contributed by atoms with Crippen molar-refractivity contribution in [2.24, 2.45) is 5.92 Å². The first kappa shape index (κ1) is 14.8. The van der Waals surface area contributed by atoms with Gasteiger partial charge < -0.3 is 14.8 Å². The molecule has 1 aromatic carbocycles. The van der Waals surface area contributed by atoms with Crippen LogP contribution in [-0.4, -0.2) is 28.5 Å². The van der Waals surface area contributed by atoms with Crippen molar-refractivity contribution < 1.29 is 19.1 Å². The molecule has 2 rings (SSSR count). The van der Waals surface area contributed by atoms with Gasteiger partial charge in [0.2, 0.25) is 11.7 Å². The molecule has 0 spiro atoms. The maximum absolute atomic E-state index is 12.0. The minimum atomic E-state index is -0.963. The van der Waals surface area contributed by atoms with Crippen LogP contribution in [0, 0.1) is 12.8 Å². The van der Waals surface area contributed by atoms with Crippen molar-refractivity contribution in [1.29, 1.82) is 0 Å². The van der Waals surface area contributed by atoms with Gasteiger partial charge in [-0.15, -0.1) is 0 Å². The van der Waals surface area contributed by atoms with E-state index in [0.717, 1.165) is 5.56 Å². The lowest BCUT2D eigenvalue weighted by Crippen LogP contribution is -2.31. The summed E-state index contributed by atoms with van der Waals surface area (Å²) in [6.45, 7) is 3.23. The molecular weight excluding hydrogens is 272 g/mol. The average Bonchev–Trinajstić information content (AvgIpc) is 2.87. The van der Waals surface area contributed by atoms with Gasteiger partial charge in [0.05, 0.1) is 11.6 Å². The number of oxazole rings is 1. The van der Waals surface area contributed by atoms with Gasteiger partial charge in [0.1, 0.15) is 0 Å². The number of carboxylic acids is 1. The smallest absolute Gasteiger partial charge is 0.308 e. The first-order valence-corrected chi connectivity index (χ1v) is 6.53. The second kappa shape index (κ2) is 6.21. The number of benzene rings is 1. The zero-order valence-corrected chi connectivity index (χ0v) is 11.8. The minimum Gasteiger partial charge on any atom is -0.481 e. The summed E-state index contributed by atoms with van der Waals surface area (Å²) >= 11 is 0. The number of hydrogen-bond donors (Lipinski definition) is 2. The van der Waals surface area contributed by atoms with Crippen LogP contribution in [0.1, 0.15) is 23.2 Å². The van der Waals surface area contributed by atoms with Crippen molar-refractivity contribution in [3.63, 3.8) is 0 Å². The summed E-state index contributed by atoms with van der Waals surface area (Å²) in [5.74, 6) is -1.62. The lowest BCUT2D eigenvalue weighted by Gasteiger charge is -2.06. The van der Waals surface area contributed by atoms with Crippen molar-refractivity contribution in [1.82, 2.24) is 10.3 Å². The molecule has 6 heteroatoms. The third kappa shape index (κ3) is 3.47. The summed E-state index contributed by atoms with van der Waals surface area (Å²) in [6.07, 6.45) is 0. The Morgan fingerprint density at radius 3 is 2.62 bits per heavy atom. The zero-order valence-electron chi connectivity index (χ0n) is 11.8. The predicted octanol–water partition coefficient (Wildman–Crippen LogP) is 2.10. The van der Waals surface area contributed by atoms with Gasteiger partial charge in [0.25, 0.3) is 5.91 Å². The Labute approximate surface area is 121 Å². The molecule has 0 radical (unpaired) electrons. The van der Waals surface area contributed by atoms with E-state index in [4.69, 9.17) is 9.52 Å². The van der Waals surface area contributed by atoms with Gasteiger partial charge in [-0.1, -0.05) is 25.1 Å². The van der Waals surface area contributed by atoms with Gasteiger partial charge in [-0.05, 0) is 19.1 Å². The number of nitrogens with zero attached hydrogens (tertiary/aromatic N) is 1. The number of hydrogen-bond acceptors (Lipinski definition) is 4. The molecule has 1 amide bonds. The number of rotatable bonds is 5. The van der Waals surface area contributed by atoms with Gasteiger partial charge in [0.15, 0.2) is 0 Å². The third-order valence-electron chi connectivity index (χ3n) is 3.01. The molecule has 0 saturated carbocycles. The van der Waals surface area contributed by atoms with Crippen LogP contribution in [-0.2, 0) is 4.79 Å². The summed E-state index contributed by atoms with van der Waals surface area (Å²) in [4.78, 5) is 26.9. The number of aromatic nitrogens is 1. The third-order valence-corrected chi connectivity index (χ3v) is 3.01. The quantitative estimate of drug-likeness (QED) is 0.879. The number of carboxylic acid groups (broad SMARTS) is 1. The van der Waals surface area contributed by atoms with E-state index in [1.807, 2.05) is 30.3 Å². The van der Waals surface area contributed by atoms with E-state index in [0.29, 0.717) is 11.6 Å². The molecule has 1 aromatic heterocycles. The van der Waals surface area contributed by atoms with E-state index in [1.165, 1.54) is 6.92 Å². The van der Waals surface area contributed by atoms with E-state index >= 15 is 0 Å². The maximum atomic E-state index is 12.0. The number of carbonyl (C=O) groups excluding carboxylic acids is 1. The standard InChI is InChI=1S/C15H16N2O4/c1-9(15(19)20)8-16-13(18)12-10(2)17-14(21-12)11-6-4-3-5-7-11/h3-7,9H,8H2,1-2H3,(H,16,18)(H,19,20). The van der Waals surface area contributed by atoms with Crippen LogP contribution in [0.3, 0.4) is 0 Å². The summed E-state index contributed by atoms with van der Waals surface area (Å²) in [5, 5.41) is 11.3. The van der Waals surface area contributed by atoms with Gasteiger partial charge >= 0.3 is 5.97 Å². The Morgan fingerprint density at radius 1 is 1.33 bits per heavy atom. The first-order chi connectivity index (χ1) is 9.99. The topological polar surface area (TPSA) is 92.4 Å². The fourth-order valence-corrected chi connectivity index (χ4v) is 1.72. The molecule has 2 N–H and O–H groups in total. The van der Waals surface area contributed by atoms with Gasteiger partial charge in [-0.25, -0.2) is 4.98 Å². The van der Waals surface area contributed by atoms with Gasteiger partial charge in [-0.2, -0.15) is 0 Å². The van der Waals surface area contributed by atoms with Gasteiger partial charge in [-0.3, -0.25) is 9.59 Å². The Hall–Kier alpha value is -2.63. The molecule has 0 aliphatic heterocycles. The lowest BCUT2D eigenvalue weighted by molar-refractivity contribution is -0.140. The van der Waals surface area contributed by atoms with Crippen LogP contribution in [0.4, 0.5) is 0 Å². The number of amides is 1. The van der Waals surface area contributed by atoms with Crippen LogP contribution in [0.2, 0.25) is 0 Å². The van der Waals surface area contributed by atoms with E-state index < -0.39 is 17.8 Å². The maximum Gasteiger partial charge on any atom is 0.308 e. The van der Waals surface area contributed by atoms with E-state index in [1.54, 1.807) is 6.92 Å². The molecule has 1 atom stereocenters. The van der Waals surface area contributed by atoms with Crippen molar-refractivity contribution in [2.75, 3.05) is 6.54 Å². The Balaban J connectivity index is 2.12. The van der Waals surface area contributed by atoms with Crippen LogP contribution in [0.15, 0.2) is 34.7 Å². The molecule has 1 heterocycles. The highest BCUT2D eigenvalue weighted by atomic mass is 16.4. The highest BCUT2D eigenvalue weighted by Crippen LogP contribution is 2.21. The predicted molar refractivity (Wildman–Crippen MR) is 75.8 cm³/mol. The number of aliphatic carboxylic acids is 1. The summed E-state index contributed by atoms with van der Waals surface area (Å²) in [7, 11) is 0. The van der Waals surface area contributed by atoms with Crippen molar-refractivity contribution in [3.05, 3.63) is 41.8 Å². The fourth-order valence-electron chi connectivity index (χ4n) is 1.72. The molecule has 0 aliphatic carbocycles. The summed E-state index contributed by atoms with van der Waals surface area (Å²) in [5.41, 5.74) is 1.24. The normalized spacial score (nSPS) is 11.9. The molecule has 1 unspecified atom stereocenters.